The van der Waals surface area contributed by atoms with Crippen molar-refractivity contribution in [1.82, 2.24) is 10.3 Å². The molecule has 2 heterocycles. The molecule has 0 bridgehead atoms. The molecule has 3 nitrogen and oxygen atoms in total. The summed E-state index contributed by atoms with van der Waals surface area (Å²) < 4.78 is 0.934. The molecule has 0 spiro atoms. The zero-order valence-corrected chi connectivity index (χ0v) is 11.6. The van der Waals surface area contributed by atoms with Crippen molar-refractivity contribution in [1.29, 1.82) is 0 Å². The lowest BCUT2D eigenvalue weighted by atomic mass is 10.1. The van der Waals surface area contributed by atoms with Crippen LogP contribution in [0.25, 0.3) is 0 Å². The van der Waals surface area contributed by atoms with E-state index in [0.717, 1.165) is 10.0 Å². The molecule has 1 unspecified atom stereocenters. The summed E-state index contributed by atoms with van der Waals surface area (Å²) in [4.78, 5) is 16.6. The normalized spacial score (nSPS) is 12.1. The lowest BCUT2D eigenvalue weighted by molar-refractivity contribution is 0.0944. The maximum Gasteiger partial charge on any atom is 0.261 e. The van der Waals surface area contributed by atoms with Crippen molar-refractivity contribution in [3.8, 4) is 0 Å². The topological polar surface area (TPSA) is 42.0 Å². The second kappa shape index (κ2) is 5.42. The van der Waals surface area contributed by atoms with Crippen molar-refractivity contribution in [2.24, 2.45) is 0 Å². The summed E-state index contributed by atoms with van der Waals surface area (Å²) in [7, 11) is 0. The van der Waals surface area contributed by atoms with Crippen LogP contribution in [0.4, 0.5) is 0 Å². The van der Waals surface area contributed by atoms with Crippen LogP contribution >= 0.6 is 27.3 Å². The van der Waals surface area contributed by atoms with E-state index in [0.29, 0.717) is 4.88 Å². The van der Waals surface area contributed by atoms with Gasteiger partial charge in [0.1, 0.15) is 0 Å². The summed E-state index contributed by atoms with van der Waals surface area (Å²) in [6, 6.07) is 5.59. The highest BCUT2D eigenvalue weighted by atomic mass is 79.9. The summed E-state index contributed by atoms with van der Waals surface area (Å²) >= 11 is 4.76. The highest BCUT2D eigenvalue weighted by Crippen LogP contribution is 2.20. The Kier molecular flexibility index (Phi) is 3.91. The number of hydrogen-bond acceptors (Lipinski definition) is 3. The molecule has 0 aliphatic carbocycles. The van der Waals surface area contributed by atoms with E-state index in [-0.39, 0.29) is 11.9 Å². The van der Waals surface area contributed by atoms with Crippen LogP contribution < -0.4 is 5.32 Å². The number of thiophene rings is 1. The molecule has 0 saturated heterocycles. The van der Waals surface area contributed by atoms with Gasteiger partial charge in [0, 0.05) is 22.2 Å². The van der Waals surface area contributed by atoms with Crippen molar-refractivity contribution in [2.75, 3.05) is 0 Å². The minimum Gasteiger partial charge on any atom is -0.345 e. The number of pyridine rings is 1. The zero-order chi connectivity index (χ0) is 12.3. The van der Waals surface area contributed by atoms with Gasteiger partial charge in [-0.15, -0.1) is 11.3 Å². The van der Waals surface area contributed by atoms with Gasteiger partial charge in [0.05, 0.1) is 10.9 Å². The van der Waals surface area contributed by atoms with E-state index in [9.17, 15) is 4.79 Å². The van der Waals surface area contributed by atoms with Gasteiger partial charge in [-0.3, -0.25) is 9.78 Å². The first-order chi connectivity index (χ1) is 8.16. The van der Waals surface area contributed by atoms with Gasteiger partial charge in [-0.2, -0.15) is 0 Å². The first-order valence-corrected chi connectivity index (χ1v) is 6.79. The quantitative estimate of drug-likeness (QED) is 0.944. The summed E-state index contributed by atoms with van der Waals surface area (Å²) in [6.07, 6.45) is 3.44. The molecule has 1 atom stereocenters. The molecule has 5 heteroatoms. The molecule has 1 amide bonds. The van der Waals surface area contributed by atoms with E-state index < -0.39 is 0 Å². The number of hydrogen-bond donors (Lipinski definition) is 1. The average Bonchev–Trinajstić information content (AvgIpc) is 2.77. The van der Waals surface area contributed by atoms with Gasteiger partial charge >= 0.3 is 0 Å². The molecule has 1 N–H and O–H groups in total. The molecule has 17 heavy (non-hydrogen) atoms. The number of nitrogens with one attached hydrogen (secondary N) is 1. The minimum absolute atomic E-state index is 0.0219. The van der Waals surface area contributed by atoms with Crippen LogP contribution in [-0.2, 0) is 0 Å². The molecule has 2 aromatic rings. The Balaban J connectivity index is 2.04. The maximum absolute atomic E-state index is 11.9. The van der Waals surface area contributed by atoms with E-state index >= 15 is 0 Å². The van der Waals surface area contributed by atoms with Gasteiger partial charge in [0.15, 0.2) is 0 Å². The molecular formula is C12H11BrN2OS. The smallest absolute Gasteiger partial charge is 0.261 e. The lowest BCUT2D eigenvalue weighted by Crippen LogP contribution is -2.25. The van der Waals surface area contributed by atoms with Gasteiger partial charge in [0.25, 0.3) is 5.91 Å². The number of amides is 1. The fourth-order valence-electron chi connectivity index (χ4n) is 1.44. The molecular weight excluding hydrogens is 300 g/mol. The Morgan fingerprint density at radius 1 is 1.47 bits per heavy atom. The summed E-state index contributed by atoms with van der Waals surface area (Å²) in [6.45, 7) is 1.95. The Labute approximate surface area is 112 Å². The third-order valence-corrected chi connectivity index (χ3v) is 4.03. The van der Waals surface area contributed by atoms with Gasteiger partial charge < -0.3 is 5.32 Å². The van der Waals surface area contributed by atoms with Crippen LogP contribution in [0.1, 0.15) is 28.2 Å². The van der Waals surface area contributed by atoms with Crippen molar-refractivity contribution in [3.63, 3.8) is 0 Å². The number of carbonyl (C=O) groups is 1. The van der Waals surface area contributed by atoms with Crippen molar-refractivity contribution < 1.29 is 4.79 Å². The Morgan fingerprint density at radius 2 is 2.18 bits per heavy atom. The highest BCUT2D eigenvalue weighted by molar-refractivity contribution is 9.10. The summed E-state index contributed by atoms with van der Waals surface area (Å²) in [5.74, 6) is -0.0509. The summed E-state index contributed by atoms with van der Waals surface area (Å²) in [5.41, 5.74) is 1.05. The second-order valence-corrected chi connectivity index (χ2v) is 5.43. The number of rotatable bonds is 3. The fraction of sp³-hybridized carbons (Fsp3) is 0.167. The first-order valence-electron chi connectivity index (χ1n) is 5.11. The lowest BCUT2D eigenvalue weighted by Gasteiger charge is -2.13. The van der Waals surface area contributed by atoms with Crippen LogP contribution in [0.2, 0.25) is 0 Å². The molecule has 0 fully saturated rings. The van der Waals surface area contributed by atoms with E-state index in [2.05, 4.69) is 26.2 Å². The standard InChI is InChI=1S/C12H11BrN2OS/c1-8(9-2-4-14-5-3-9)15-12(16)11-6-10(13)7-17-11/h2-8H,1H3,(H,15,16). The van der Waals surface area contributed by atoms with E-state index in [4.69, 9.17) is 0 Å². The molecule has 0 aromatic carbocycles. The third-order valence-electron chi connectivity index (χ3n) is 2.34. The van der Waals surface area contributed by atoms with Crippen molar-refractivity contribution in [2.45, 2.75) is 13.0 Å². The first kappa shape index (κ1) is 12.3. The van der Waals surface area contributed by atoms with Crippen LogP contribution in [0, 0.1) is 0 Å². The Bertz CT molecular complexity index is 512. The highest BCUT2D eigenvalue weighted by Gasteiger charge is 2.12. The molecule has 0 aliphatic heterocycles. The molecule has 2 rings (SSSR count). The predicted molar refractivity (Wildman–Crippen MR) is 72.1 cm³/mol. The molecule has 0 aliphatic rings. The van der Waals surface area contributed by atoms with Crippen LogP contribution in [-0.4, -0.2) is 10.9 Å². The van der Waals surface area contributed by atoms with E-state index in [1.165, 1.54) is 11.3 Å². The van der Waals surface area contributed by atoms with Crippen LogP contribution in [0.15, 0.2) is 40.4 Å². The number of nitrogens with zero attached hydrogens (tertiary/aromatic N) is 1. The SMILES string of the molecule is CC(NC(=O)c1cc(Br)cs1)c1ccncc1. The Hall–Kier alpha value is -1.20. The van der Waals surface area contributed by atoms with Crippen molar-refractivity contribution >= 4 is 33.2 Å². The van der Waals surface area contributed by atoms with Crippen molar-refractivity contribution in [3.05, 3.63) is 50.9 Å². The molecule has 88 valence electrons. The predicted octanol–water partition coefficient (Wildman–Crippen LogP) is 3.40. The maximum atomic E-state index is 11.9. The second-order valence-electron chi connectivity index (χ2n) is 3.60. The van der Waals surface area contributed by atoms with Gasteiger partial charge in [-0.1, -0.05) is 0 Å². The fourth-order valence-corrected chi connectivity index (χ4v) is 2.76. The third kappa shape index (κ3) is 3.14. The average molecular weight is 311 g/mol. The monoisotopic (exact) mass is 310 g/mol. The van der Waals surface area contributed by atoms with E-state index in [1.54, 1.807) is 12.4 Å². The number of carbonyl (C=O) groups excluding carboxylic acids is 1. The molecule has 0 saturated carbocycles. The van der Waals surface area contributed by atoms with Crippen LogP contribution in [0.3, 0.4) is 0 Å². The van der Waals surface area contributed by atoms with Gasteiger partial charge in [-0.25, -0.2) is 0 Å². The Morgan fingerprint density at radius 3 is 2.76 bits per heavy atom. The van der Waals surface area contributed by atoms with Gasteiger partial charge in [0.2, 0.25) is 0 Å². The largest absolute Gasteiger partial charge is 0.345 e. The minimum atomic E-state index is -0.0509. The number of halogens is 1. The van der Waals surface area contributed by atoms with Gasteiger partial charge in [-0.05, 0) is 46.6 Å². The zero-order valence-electron chi connectivity index (χ0n) is 9.18. The van der Waals surface area contributed by atoms with Crippen LogP contribution in [0.5, 0.6) is 0 Å². The number of aromatic nitrogens is 1. The summed E-state index contributed by atoms with van der Waals surface area (Å²) in [5, 5.41) is 4.84. The molecule has 2 aromatic heterocycles. The molecule has 0 radical (unpaired) electrons. The van der Waals surface area contributed by atoms with E-state index in [1.807, 2.05) is 30.5 Å².